The SMILES string of the molecule is Nc1ccc(C(c2ccccc2)c2ccc(N)cc2)cc1.Nc1cccc2c(N)cccc12. The van der Waals surface area contributed by atoms with Gasteiger partial charge in [-0.1, -0.05) is 78.9 Å². The maximum absolute atomic E-state index is 5.81. The highest BCUT2D eigenvalue weighted by molar-refractivity contribution is 5.99. The van der Waals surface area contributed by atoms with E-state index in [2.05, 4.69) is 48.5 Å². The van der Waals surface area contributed by atoms with Crippen LogP contribution in [-0.4, -0.2) is 0 Å². The van der Waals surface area contributed by atoms with E-state index in [1.54, 1.807) is 0 Å². The number of hydrogen-bond donors (Lipinski definition) is 4. The summed E-state index contributed by atoms with van der Waals surface area (Å²) in [5.41, 5.74) is 30.0. The third-order valence-electron chi connectivity index (χ3n) is 5.66. The van der Waals surface area contributed by atoms with Crippen LogP contribution in [0.25, 0.3) is 10.8 Å². The van der Waals surface area contributed by atoms with Crippen LogP contribution in [0.1, 0.15) is 22.6 Å². The first-order chi connectivity index (χ1) is 16.0. The smallest absolute Gasteiger partial charge is 0.0394 e. The number of rotatable bonds is 3. The molecule has 0 aliphatic heterocycles. The fourth-order valence-corrected chi connectivity index (χ4v) is 3.96. The van der Waals surface area contributed by atoms with Gasteiger partial charge in [-0.3, -0.25) is 0 Å². The number of nitrogens with two attached hydrogens (primary N) is 4. The average Bonchev–Trinajstić information content (AvgIpc) is 2.84. The number of nitrogen functional groups attached to an aromatic ring is 4. The van der Waals surface area contributed by atoms with E-state index in [0.29, 0.717) is 0 Å². The van der Waals surface area contributed by atoms with E-state index < -0.39 is 0 Å². The van der Waals surface area contributed by atoms with Crippen LogP contribution in [-0.2, 0) is 0 Å². The van der Waals surface area contributed by atoms with Crippen LogP contribution in [0.2, 0.25) is 0 Å². The highest BCUT2D eigenvalue weighted by Gasteiger charge is 2.16. The summed E-state index contributed by atoms with van der Waals surface area (Å²) in [5, 5.41) is 2.05. The van der Waals surface area contributed by atoms with E-state index in [-0.39, 0.29) is 5.92 Å². The Bertz CT molecular complexity index is 1240. The molecule has 0 bridgehead atoms. The van der Waals surface area contributed by atoms with Gasteiger partial charge >= 0.3 is 0 Å². The van der Waals surface area contributed by atoms with Crippen molar-refractivity contribution < 1.29 is 0 Å². The van der Waals surface area contributed by atoms with E-state index in [9.17, 15) is 0 Å². The van der Waals surface area contributed by atoms with Crippen molar-refractivity contribution in [3.05, 3.63) is 132 Å². The van der Waals surface area contributed by atoms with Crippen LogP contribution in [0, 0.1) is 0 Å². The Morgan fingerprint density at radius 1 is 0.364 bits per heavy atom. The zero-order chi connectivity index (χ0) is 23.2. The first-order valence-electron chi connectivity index (χ1n) is 10.8. The third kappa shape index (κ3) is 5.08. The minimum atomic E-state index is 0.187. The van der Waals surface area contributed by atoms with E-state index >= 15 is 0 Å². The summed E-state index contributed by atoms with van der Waals surface area (Å²) in [4.78, 5) is 0. The van der Waals surface area contributed by atoms with E-state index in [0.717, 1.165) is 33.5 Å². The standard InChI is InChI=1S/C19H18N2.C10H10N2/c20-17-10-6-15(7-11-17)19(14-4-2-1-3-5-14)16-8-12-18(21)13-9-16;11-9-5-1-3-7-8(9)4-2-6-10(7)12/h1-13,19H,20-21H2;1-6H,11-12H2. The molecule has 0 aromatic heterocycles. The van der Waals surface area contributed by atoms with Crippen molar-refractivity contribution in [3.8, 4) is 0 Å². The molecule has 4 nitrogen and oxygen atoms in total. The second-order valence-electron chi connectivity index (χ2n) is 7.97. The largest absolute Gasteiger partial charge is 0.399 e. The van der Waals surface area contributed by atoms with Gasteiger partial charge in [0.25, 0.3) is 0 Å². The minimum Gasteiger partial charge on any atom is -0.399 e. The molecule has 5 rings (SSSR count). The van der Waals surface area contributed by atoms with Crippen molar-refractivity contribution in [2.45, 2.75) is 5.92 Å². The van der Waals surface area contributed by atoms with E-state index in [1.165, 1.54) is 16.7 Å². The molecule has 164 valence electrons. The lowest BCUT2D eigenvalue weighted by molar-refractivity contribution is 0.978. The van der Waals surface area contributed by atoms with Crippen molar-refractivity contribution in [3.63, 3.8) is 0 Å². The second-order valence-corrected chi connectivity index (χ2v) is 7.97. The van der Waals surface area contributed by atoms with Crippen molar-refractivity contribution in [2.75, 3.05) is 22.9 Å². The third-order valence-corrected chi connectivity index (χ3v) is 5.66. The molecule has 0 saturated carbocycles. The molecular formula is C29H28N4. The molecule has 4 heteroatoms. The number of anilines is 4. The van der Waals surface area contributed by atoms with E-state index in [4.69, 9.17) is 22.9 Å². The number of hydrogen-bond acceptors (Lipinski definition) is 4. The van der Waals surface area contributed by atoms with Crippen molar-refractivity contribution in [1.29, 1.82) is 0 Å². The summed E-state index contributed by atoms with van der Waals surface area (Å²) in [6.45, 7) is 0. The van der Waals surface area contributed by atoms with Crippen LogP contribution in [0.4, 0.5) is 22.7 Å². The Morgan fingerprint density at radius 2 is 0.758 bits per heavy atom. The maximum Gasteiger partial charge on any atom is 0.0394 e. The van der Waals surface area contributed by atoms with Crippen LogP contribution < -0.4 is 22.9 Å². The summed E-state index contributed by atoms with van der Waals surface area (Å²) < 4.78 is 0. The molecule has 5 aromatic carbocycles. The van der Waals surface area contributed by atoms with Gasteiger partial charge in [-0.15, -0.1) is 0 Å². The van der Waals surface area contributed by atoms with Gasteiger partial charge in [-0.2, -0.15) is 0 Å². The van der Waals surface area contributed by atoms with Crippen LogP contribution in [0.3, 0.4) is 0 Å². The normalized spacial score (nSPS) is 10.6. The fourth-order valence-electron chi connectivity index (χ4n) is 3.96. The fraction of sp³-hybridized carbons (Fsp3) is 0.0345. The molecule has 0 radical (unpaired) electrons. The van der Waals surface area contributed by atoms with Gasteiger partial charge in [-0.25, -0.2) is 0 Å². The van der Waals surface area contributed by atoms with Gasteiger partial charge < -0.3 is 22.9 Å². The maximum atomic E-state index is 5.81. The Balaban J connectivity index is 0.000000183. The summed E-state index contributed by atoms with van der Waals surface area (Å²) >= 11 is 0. The molecule has 0 fully saturated rings. The van der Waals surface area contributed by atoms with Gasteiger partial charge in [0.05, 0.1) is 0 Å². The van der Waals surface area contributed by atoms with Gasteiger partial charge in [0, 0.05) is 39.4 Å². The zero-order valence-corrected chi connectivity index (χ0v) is 18.4. The highest BCUT2D eigenvalue weighted by Crippen LogP contribution is 2.32. The molecule has 8 N–H and O–H groups in total. The summed E-state index contributed by atoms with van der Waals surface area (Å²) in [6.07, 6.45) is 0. The predicted molar refractivity (Wildman–Crippen MR) is 142 cm³/mol. The first-order valence-corrected chi connectivity index (χ1v) is 10.8. The average molecular weight is 433 g/mol. The number of benzene rings is 5. The quantitative estimate of drug-likeness (QED) is 0.206. The summed E-state index contributed by atoms with van der Waals surface area (Å²) in [7, 11) is 0. The predicted octanol–water partition coefficient (Wildman–Crippen LogP) is 6.04. The van der Waals surface area contributed by atoms with Gasteiger partial charge in [0.1, 0.15) is 0 Å². The molecule has 0 aliphatic carbocycles. The lowest BCUT2D eigenvalue weighted by atomic mass is 9.85. The van der Waals surface area contributed by atoms with Crippen molar-refractivity contribution in [1.82, 2.24) is 0 Å². The topological polar surface area (TPSA) is 104 Å². The van der Waals surface area contributed by atoms with E-state index in [1.807, 2.05) is 66.7 Å². The van der Waals surface area contributed by atoms with Crippen LogP contribution in [0.5, 0.6) is 0 Å². The molecule has 0 amide bonds. The highest BCUT2D eigenvalue weighted by atomic mass is 14.6. The first kappa shape index (κ1) is 21.8. The van der Waals surface area contributed by atoms with Gasteiger partial charge in [-0.05, 0) is 53.1 Å². The molecule has 0 heterocycles. The van der Waals surface area contributed by atoms with Crippen molar-refractivity contribution >= 4 is 33.5 Å². The zero-order valence-electron chi connectivity index (χ0n) is 18.4. The lowest BCUT2D eigenvalue weighted by Crippen LogP contribution is -2.03. The molecule has 33 heavy (non-hydrogen) atoms. The Morgan fingerprint density at radius 3 is 1.18 bits per heavy atom. The van der Waals surface area contributed by atoms with Gasteiger partial charge in [0.15, 0.2) is 0 Å². The Kier molecular flexibility index (Phi) is 6.46. The Labute approximate surface area is 194 Å². The molecule has 5 aromatic rings. The second kappa shape index (κ2) is 9.79. The molecule has 0 spiro atoms. The Hall–Kier alpha value is -4.44. The summed E-state index contributed by atoms with van der Waals surface area (Å²) in [6, 6.07) is 38.1. The number of fused-ring (bicyclic) bond motifs is 1. The lowest BCUT2D eigenvalue weighted by Gasteiger charge is -2.19. The van der Waals surface area contributed by atoms with Crippen LogP contribution >= 0.6 is 0 Å². The molecular weight excluding hydrogens is 404 g/mol. The van der Waals surface area contributed by atoms with Crippen LogP contribution in [0.15, 0.2) is 115 Å². The monoisotopic (exact) mass is 432 g/mol. The summed E-state index contributed by atoms with van der Waals surface area (Å²) in [5.74, 6) is 0.187. The molecule has 0 saturated heterocycles. The molecule has 0 atom stereocenters. The molecule has 0 unspecified atom stereocenters. The minimum absolute atomic E-state index is 0.187. The van der Waals surface area contributed by atoms with Gasteiger partial charge in [0.2, 0.25) is 0 Å². The molecule has 0 aliphatic rings. The van der Waals surface area contributed by atoms with Crippen molar-refractivity contribution in [2.24, 2.45) is 0 Å².